The highest BCUT2D eigenvalue weighted by Gasteiger charge is 2.33. The molecule has 0 aliphatic carbocycles. The van der Waals surface area contributed by atoms with Gasteiger partial charge in [0.15, 0.2) is 4.32 Å². The first-order valence-corrected chi connectivity index (χ1v) is 11.1. The summed E-state index contributed by atoms with van der Waals surface area (Å²) in [4.78, 5) is 15.0. The van der Waals surface area contributed by atoms with E-state index in [0.717, 1.165) is 0 Å². The minimum atomic E-state index is -0.435. The van der Waals surface area contributed by atoms with Crippen LogP contribution in [0.1, 0.15) is 11.1 Å². The van der Waals surface area contributed by atoms with E-state index in [4.69, 9.17) is 33.3 Å². The quantitative estimate of drug-likeness (QED) is 0.295. The molecule has 0 radical (unpaired) electrons. The SMILES string of the molecule is COc1ccc(N2C(=O)/C(=C\c3ccccc3OCc3c(F)cccc3Cl)SC2=S)cc1. The van der Waals surface area contributed by atoms with Gasteiger partial charge in [-0.15, -0.1) is 0 Å². The lowest BCUT2D eigenvalue weighted by molar-refractivity contribution is -0.113. The fraction of sp³-hybridized carbons (Fsp3) is 0.0833. The van der Waals surface area contributed by atoms with Crippen molar-refractivity contribution in [3.63, 3.8) is 0 Å². The summed E-state index contributed by atoms with van der Waals surface area (Å²) in [6, 6.07) is 18.8. The third kappa shape index (κ3) is 4.65. The fourth-order valence-electron chi connectivity index (χ4n) is 3.11. The van der Waals surface area contributed by atoms with Crippen molar-refractivity contribution < 1.29 is 18.7 Å². The lowest BCUT2D eigenvalue weighted by Crippen LogP contribution is -2.27. The van der Waals surface area contributed by atoms with Crippen LogP contribution < -0.4 is 14.4 Å². The maximum atomic E-state index is 14.1. The van der Waals surface area contributed by atoms with Gasteiger partial charge in [0.2, 0.25) is 0 Å². The number of hydrogen-bond acceptors (Lipinski definition) is 5. The van der Waals surface area contributed by atoms with Crippen LogP contribution in [0.25, 0.3) is 6.08 Å². The van der Waals surface area contributed by atoms with Crippen LogP contribution in [0.2, 0.25) is 5.02 Å². The van der Waals surface area contributed by atoms with E-state index < -0.39 is 5.82 Å². The Morgan fingerprint density at radius 1 is 1.09 bits per heavy atom. The van der Waals surface area contributed by atoms with Crippen molar-refractivity contribution in [2.24, 2.45) is 0 Å². The molecule has 1 amide bonds. The number of carbonyl (C=O) groups is 1. The number of methoxy groups -OCH3 is 1. The second-order valence-corrected chi connectivity index (χ2v) is 8.82. The van der Waals surface area contributed by atoms with Gasteiger partial charge in [-0.3, -0.25) is 9.69 Å². The number of ether oxygens (including phenoxy) is 2. The summed E-state index contributed by atoms with van der Waals surface area (Å²) in [5.74, 6) is 0.532. The first kappa shape index (κ1) is 22.3. The molecule has 0 saturated carbocycles. The zero-order valence-corrected chi connectivity index (χ0v) is 19.3. The number of anilines is 1. The van der Waals surface area contributed by atoms with Gasteiger partial charge >= 0.3 is 0 Å². The molecule has 1 aliphatic heterocycles. The van der Waals surface area contributed by atoms with Gasteiger partial charge in [-0.2, -0.15) is 0 Å². The summed E-state index contributed by atoms with van der Waals surface area (Å²) in [6.07, 6.45) is 1.72. The van der Waals surface area contributed by atoms with Crippen molar-refractivity contribution in [3.05, 3.63) is 93.6 Å². The number of carbonyl (C=O) groups excluding carboxylic acids is 1. The average molecular weight is 486 g/mol. The Kier molecular flexibility index (Phi) is 6.79. The van der Waals surface area contributed by atoms with Gasteiger partial charge in [-0.1, -0.05) is 59.8 Å². The summed E-state index contributed by atoms with van der Waals surface area (Å²) >= 11 is 12.7. The Labute approximate surface area is 199 Å². The Hall–Kier alpha value is -2.87. The molecule has 0 N–H and O–H groups in total. The van der Waals surface area contributed by atoms with Crippen LogP contribution in [0.4, 0.5) is 10.1 Å². The minimum Gasteiger partial charge on any atom is -0.497 e. The zero-order chi connectivity index (χ0) is 22.7. The van der Waals surface area contributed by atoms with Gasteiger partial charge in [0.05, 0.1) is 22.7 Å². The van der Waals surface area contributed by atoms with Crippen molar-refractivity contribution in [3.8, 4) is 11.5 Å². The average Bonchev–Trinajstić information content (AvgIpc) is 3.07. The van der Waals surface area contributed by atoms with Crippen LogP contribution in [0.3, 0.4) is 0 Å². The van der Waals surface area contributed by atoms with E-state index in [9.17, 15) is 9.18 Å². The summed E-state index contributed by atoms with van der Waals surface area (Å²) in [7, 11) is 1.58. The molecule has 4 nitrogen and oxygen atoms in total. The fourth-order valence-corrected chi connectivity index (χ4v) is 4.62. The maximum absolute atomic E-state index is 14.1. The second-order valence-electron chi connectivity index (χ2n) is 6.74. The second kappa shape index (κ2) is 9.73. The number of rotatable bonds is 6. The van der Waals surface area contributed by atoms with Gasteiger partial charge in [0.1, 0.15) is 23.9 Å². The van der Waals surface area contributed by atoms with Crippen LogP contribution in [0.5, 0.6) is 11.5 Å². The number of amides is 1. The molecular weight excluding hydrogens is 469 g/mol. The monoisotopic (exact) mass is 485 g/mol. The predicted octanol–water partition coefficient (Wildman–Crippen LogP) is 6.47. The van der Waals surface area contributed by atoms with Crippen LogP contribution in [-0.4, -0.2) is 17.3 Å². The van der Waals surface area contributed by atoms with E-state index in [1.807, 2.05) is 12.1 Å². The molecule has 0 aromatic heterocycles. The summed E-state index contributed by atoms with van der Waals surface area (Å²) in [5, 5.41) is 0.294. The molecule has 1 fully saturated rings. The topological polar surface area (TPSA) is 38.8 Å². The minimum absolute atomic E-state index is 0.0385. The molecule has 32 heavy (non-hydrogen) atoms. The highest BCUT2D eigenvalue weighted by atomic mass is 35.5. The van der Waals surface area contributed by atoms with Crippen LogP contribution >= 0.6 is 35.6 Å². The molecule has 8 heteroatoms. The van der Waals surface area contributed by atoms with E-state index in [-0.39, 0.29) is 18.1 Å². The molecule has 0 unspecified atom stereocenters. The van der Waals surface area contributed by atoms with Crippen LogP contribution in [0, 0.1) is 5.82 Å². The van der Waals surface area contributed by atoms with Crippen molar-refractivity contribution in [2.75, 3.05) is 12.0 Å². The molecule has 3 aromatic carbocycles. The normalized spacial score (nSPS) is 14.8. The molecule has 4 rings (SSSR count). The summed E-state index contributed by atoms with van der Waals surface area (Å²) in [6.45, 7) is -0.0385. The zero-order valence-electron chi connectivity index (χ0n) is 16.9. The molecule has 1 saturated heterocycles. The number of thiocarbonyl (C=S) groups is 1. The Bertz CT molecular complexity index is 1190. The number of nitrogens with zero attached hydrogens (tertiary/aromatic N) is 1. The Morgan fingerprint density at radius 3 is 2.56 bits per heavy atom. The van der Waals surface area contributed by atoms with E-state index in [2.05, 4.69) is 0 Å². The van der Waals surface area contributed by atoms with E-state index in [1.165, 1.54) is 22.7 Å². The summed E-state index contributed by atoms with van der Waals surface area (Å²) in [5.41, 5.74) is 1.61. The molecule has 1 heterocycles. The van der Waals surface area contributed by atoms with Crippen LogP contribution in [0.15, 0.2) is 71.6 Å². The maximum Gasteiger partial charge on any atom is 0.270 e. The molecule has 162 valence electrons. The van der Waals surface area contributed by atoms with Gasteiger partial charge in [0.25, 0.3) is 5.91 Å². The molecule has 0 spiro atoms. The smallest absolute Gasteiger partial charge is 0.270 e. The third-order valence-electron chi connectivity index (χ3n) is 4.76. The van der Waals surface area contributed by atoms with Gasteiger partial charge in [0, 0.05) is 11.1 Å². The third-order valence-corrected chi connectivity index (χ3v) is 6.42. The Balaban J connectivity index is 1.57. The van der Waals surface area contributed by atoms with E-state index in [1.54, 1.807) is 61.7 Å². The lowest BCUT2D eigenvalue weighted by Gasteiger charge is -2.14. The van der Waals surface area contributed by atoms with Crippen molar-refractivity contribution in [2.45, 2.75) is 6.61 Å². The number of para-hydroxylation sites is 1. The number of benzene rings is 3. The predicted molar refractivity (Wildman–Crippen MR) is 131 cm³/mol. The van der Waals surface area contributed by atoms with Crippen molar-refractivity contribution >= 4 is 57.6 Å². The van der Waals surface area contributed by atoms with Gasteiger partial charge < -0.3 is 9.47 Å². The van der Waals surface area contributed by atoms with E-state index in [0.29, 0.717) is 37.0 Å². The van der Waals surface area contributed by atoms with Crippen molar-refractivity contribution in [1.29, 1.82) is 0 Å². The molecule has 0 atom stereocenters. The lowest BCUT2D eigenvalue weighted by atomic mass is 10.1. The van der Waals surface area contributed by atoms with Crippen molar-refractivity contribution in [1.82, 2.24) is 0 Å². The standard InChI is InChI=1S/C24H17ClFNO3S2/c1-29-17-11-9-16(10-12-17)27-23(28)22(32-24(27)31)13-15-5-2-3-8-21(15)30-14-18-19(25)6-4-7-20(18)26/h2-13H,14H2,1H3/b22-13+. The van der Waals surface area contributed by atoms with Crippen LogP contribution in [-0.2, 0) is 11.4 Å². The Morgan fingerprint density at radius 2 is 1.84 bits per heavy atom. The number of hydrogen-bond donors (Lipinski definition) is 0. The molecule has 1 aliphatic rings. The van der Waals surface area contributed by atoms with E-state index >= 15 is 0 Å². The molecular formula is C24H17ClFNO3S2. The highest BCUT2D eigenvalue weighted by Crippen LogP contribution is 2.37. The molecule has 0 bridgehead atoms. The number of thioether (sulfide) groups is 1. The summed E-state index contributed by atoms with van der Waals surface area (Å²) < 4.78 is 25.5. The van der Waals surface area contributed by atoms with Gasteiger partial charge in [-0.25, -0.2) is 4.39 Å². The largest absolute Gasteiger partial charge is 0.497 e. The number of halogens is 2. The highest BCUT2D eigenvalue weighted by molar-refractivity contribution is 8.27. The molecule has 3 aromatic rings. The first-order valence-electron chi connectivity index (χ1n) is 9.54. The first-order chi connectivity index (χ1) is 15.5. The van der Waals surface area contributed by atoms with Gasteiger partial charge in [-0.05, 0) is 48.5 Å².